The van der Waals surface area contributed by atoms with Crippen molar-refractivity contribution in [2.24, 2.45) is 11.5 Å². The second kappa shape index (κ2) is 8.71. The molecule has 160 valence electrons. The quantitative estimate of drug-likeness (QED) is 0.432. The van der Waals surface area contributed by atoms with Gasteiger partial charge in [-0.1, -0.05) is 6.07 Å². The number of aryl methyl sites for hydroxylation is 2. The summed E-state index contributed by atoms with van der Waals surface area (Å²) in [5, 5.41) is 12.5. The van der Waals surface area contributed by atoms with Gasteiger partial charge in [0.05, 0.1) is 6.04 Å². The van der Waals surface area contributed by atoms with Crippen LogP contribution >= 0.6 is 0 Å². The fourth-order valence-corrected chi connectivity index (χ4v) is 3.51. The van der Waals surface area contributed by atoms with Crippen LogP contribution in [0.4, 0.5) is 5.82 Å². The summed E-state index contributed by atoms with van der Waals surface area (Å²) < 4.78 is 5.99. The van der Waals surface area contributed by atoms with Crippen LogP contribution in [0.25, 0.3) is 11.4 Å². The van der Waals surface area contributed by atoms with Gasteiger partial charge in [0.25, 0.3) is 5.91 Å². The van der Waals surface area contributed by atoms with Crippen molar-refractivity contribution in [2.75, 3.05) is 5.32 Å². The van der Waals surface area contributed by atoms with Crippen molar-refractivity contribution < 1.29 is 14.6 Å². The lowest BCUT2D eigenvalue weighted by molar-refractivity contribution is 0.0995. The van der Waals surface area contributed by atoms with Gasteiger partial charge in [0.2, 0.25) is 0 Å². The van der Waals surface area contributed by atoms with Crippen LogP contribution in [0, 0.1) is 0 Å². The molecule has 0 spiro atoms. The largest absolute Gasteiger partial charge is 0.457 e. The van der Waals surface area contributed by atoms with E-state index < -0.39 is 18.2 Å². The molecule has 1 aliphatic rings. The highest BCUT2D eigenvalue weighted by molar-refractivity contribution is 5.92. The van der Waals surface area contributed by atoms with Crippen LogP contribution in [0.1, 0.15) is 35.0 Å². The minimum atomic E-state index is -1.09. The van der Waals surface area contributed by atoms with Gasteiger partial charge in [-0.25, -0.2) is 9.97 Å². The summed E-state index contributed by atoms with van der Waals surface area (Å²) in [6.07, 6.45) is 2.33. The van der Waals surface area contributed by atoms with Crippen LogP contribution in [0.15, 0.2) is 48.5 Å². The molecule has 3 aromatic rings. The number of anilines is 1. The number of primary amides is 1. The fraction of sp³-hybridized carbons (Fsp3) is 0.261. The van der Waals surface area contributed by atoms with Gasteiger partial charge in [0.1, 0.15) is 29.2 Å². The number of hydrogen-bond donors (Lipinski definition) is 4. The van der Waals surface area contributed by atoms with Crippen molar-refractivity contribution in [3.8, 4) is 22.9 Å². The molecule has 0 bridgehead atoms. The van der Waals surface area contributed by atoms with Crippen LogP contribution in [-0.4, -0.2) is 33.3 Å². The van der Waals surface area contributed by atoms with E-state index in [9.17, 15) is 9.90 Å². The van der Waals surface area contributed by atoms with E-state index in [0.717, 1.165) is 18.6 Å². The molecule has 2 unspecified atom stereocenters. The van der Waals surface area contributed by atoms with Gasteiger partial charge in [-0.05, 0) is 73.7 Å². The maximum absolute atomic E-state index is 11.7. The van der Waals surface area contributed by atoms with Gasteiger partial charge in [0.15, 0.2) is 5.82 Å². The van der Waals surface area contributed by atoms with Crippen molar-refractivity contribution in [3.63, 3.8) is 0 Å². The standard InChI is InChI=1S/C23H25N5O3/c1-13(21(24)29)26-20-12-19(22(25)30)27-23(28-20)15-6-8-17(9-7-15)31-18-10-5-14-3-2-4-16(14)11-18/h5-13,21,29H,2-4,24H2,1H3,(H2,25,30)(H,26,27,28). The minimum Gasteiger partial charge on any atom is -0.457 e. The van der Waals surface area contributed by atoms with Crippen molar-refractivity contribution >= 4 is 11.7 Å². The number of ether oxygens (including phenoxy) is 1. The van der Waals surface area contributed by atoms with Crippen LogP contribution in [0.2, 0.25) is 0 Å². The molecule has 4 rings (SSSR count). The highest BCUT2D eigenvalue weighted by atomic mass is 16.5. The van der Waals surface area contributed by atoms with E-state index in [1.807, 2.05) is 30.3 Å². The Morgan fingerprint density at radius 2 is 1.77 bits per heavy atom. The number of fused-ring (bicyclic) bond motifs is 1. The number of nitrogens with one attached hydrogen (secondary N) is 1. The molecule has 0 saturated heterocycles. The highest BCUT2D eigenvalue weighted by Gasteiger charge is 2.15. The number of benzene rings is 2. The Hall–Kier alpha value is -3.49. The summed E-state index contributed by atoms with van der Waals surface area (Å²) in [5.74, 6) is 1.48. The van der Waals surface area contributed by atoms with Crippen molar-refractivity contribution in [1.29, 1.82) is 0 Å². The van der Waals surface area contributed by atoms with Gasteiger partial charge >= 0.3 is 0 Å². The van der Waals surface area contributed by atoms with Gasteiger partial charge in [-0.3, -0.25) is 4.79 Å². The number of carbonyl (C=O) groups excluding carboxylic acids is 1. The van der Waals surface area contributed by atoms with Crippen molar-refractivity contribution in [3.05, 3.63) is 65.4 Å². The normalized spacial score (nSPS) is 14.5. The smallest absolute Gasteiger partial charge is 0.267 e. The molecule has 6 N–H and O–H groups in total. The number of rotatable bonds is 7. The Morgan fingerprint density at radius 1 is 1.06 bits per heavy atom. The third-order valence-electron chi connectivity index (χ3n) is 5.28. The van der Waals surface area contributed by atoms with E-state index in [-0.39, 0.29) is 5.69 Å². The van der Waals surface area contributed by atoms with E-state index in [0.29, 0.717) is 23.0 Å². The van der Waals surface area contributed by atoms with E-state index >= 15 is 0 Å². The fourth-order valence-electron chi connectivity index (χ4n) is 3.51. The number of carbonyl (C=O) groups is 1. The van der Waals surface area contributed by atoms with Crippen LogP contribution in [-0.2, 0) is 12.8 Å². The molecule has 0 radical (unpaired) electrons. The first-order valence-electron chi connectivity index (χ1n) is 10.2. The molecule has 0 aliphatic heterocycles. The monoisotopic (exact) mass is 419 g/mol. The lowest BCUT2D eigenvalue weighted by Gasteiger charge is -2.17. The van der Waals surface area contributed by atoms with Gasteiger partial charge < -0.3 is 26.6 Å². The number of nitrogens with zero attached hydrogens (tertiary/aromatic N) is 2. The molecule has 2 atom stereocenters. The molecule has 0 saturated carbocycles. The Labute approximate surface area is 180 Å². The maximum atomic E-state index is 11.7. The van der Waals surface area contributed by atoms with Crippen molar-refractivity contribution in [2.45, 2.75) is 38.5 Å². The summed E-state index contributed by atoms with van der Waals surface area (Å²) in [6.45, 7) is 1.70. The molecule has 31 heavy (non-hydrogen) atoms. The average molecular weight is 419 g/mol. The molecule has 8 nitrogen and oxygen atoms in total. The number of aliphatic hydroxyl groups is 1. The molecule has 2 aromatic carbocycles. The summed E-state index contributed by atoms with van der Waals surface area (Å²) in [4.78, 5) is 20.4. The van der Waals surface area contributed by atoms with E-state index in [1.165, 1.54) is 23.6 Å². The molecular formula is C23H25N5O3. The Bertz CT molecular complexity index is 1100. The zero-order valence-electron chi connectivity index (χ0n) is 17.2. The topological polar surface area (TPSA) is 136 Å². The molecule has 1 heterocycles. The third-order valence-corrected chi connectivity index (χ3v) is 5.28. The lowest BCUT2D eigenvalue weighted by atomic mass is 10.1. The van der Waals surface area contributed by atoms with Crippen LogP contribution < -0.4 is 21.5 Å². The zero-order valence-corrected chi connectivity index (χ0v) is 17.2. The second-order valence-electron chi connectivity index (χ2n) is 7.66. The average Bonchev–Trinajstić information content (AvgIpc) is 3.22. The summed E-state index contributed by atoms with van der Waals surface area (Å²) in [6, 6.07) is 14.4. The second-order valence-corrected chi connectivity index (χ2v) is 7.66. The number of aliphatic hydroxyl groups excluding tert-OH is 1. The van der Waals surface area contributed by atoms with Crippen LogP contribution in [0.5, 0.6) is 11.5 Å². The van der Waals surface area contributed by atoms with E-state index in [1.54, 1.807) is 6.92 Å². The Balaban J connectivity index is 1.56. The maximum Gasteiger partial charge on any atom is 0.267 e. The summed E-state index contributed by atoms with van der Waals surface area (Å²) >= 11 is 0. The van der Waals surface area contributed by atoms with Gasteiger partial charge in [0, 0.05) is 11.6 Å². The van der Waals surface area contributed by atoms with Gasteiger partial charge in [-0.2, -0.15) is 0 Å². The first-order chi connectivity index (χ1) is 14.9. The molecule has 8 heteroatoms. The summed E-state index contributed by atoms with van der Waals surface area (Å²) in [7, 11) is 0. The van der Waals surface area contributed by atoms with Crippen LogP contribution in [0.3, 0.4) is 0 Å². The lowest BCUT2D eigenvalue weighted by Crippen LogP contribution is -2.38. The van der Waals surface area contributed by atoms with E-state index in [2.05, 4.69) is 27.4 Å². The first-order valence-corrected chi connectivity index (χ1v) is 10.2. The molecule has 0 fully saturated rings. The van der Waals surface area contributed by atoms with Crippen molar-refractivity contribution in [1.82, 2.24) is 9.97 Å². The zero-order chi connectivity index (χ0) is 22.0. The third kappa shape index (κ3) is 4.82. The number of aromatic nitrogens is 2. The first kappa shape index (κ1) is 20.8. The Morgan fingerprint density at radius 3 is 2.48 bits per heavy atom. The number of hydrogen-bond acceptors (Lipinski definition) is 7. The number of nitrogens with two attached hydrogens (primary N) is 2. The molecular weight excluding hydrogens is 394 g/mol. The Kier molecular flexibility index (Phi) is 5.83. The molecule has 1 aromatic heterocycles. The minimum absolute atomic E-state index is 0.0599. The molecule has 1 amide bonds. The predicted octanol–water partition coefficient (Wildman–Crippen LogP) is 2.60. The highest BCUT2D eigenvalue weighted by Crippen LogP contribution is 2.30. The van der Waals surface area contributed by atoms with E-state index in [4.69, 9.17) is 16.2 Å². The summed E-state index contributed by atoms with van der Waals surface area (Å²) in [5.41, 5.74) is 14.4. The number of amides is 1. The molecule has 1 aliphatic carbocycles. The predicted molar refractivity (Wildman–Crippen MR) is 118 cm³/mol. The SMILES string of the molecule is CC(Nc1cc(C(N)=O)nc(-c2ccc(Oc3ccc4c(c3)CCC4)cc2)n1)C(N)O. The van der Waals surface area contributed by atoms with Gasteiger partial charge in [-0.15, -0.1) is 0 Å².